The van der Waals surface area contributed by atoms with E-state index in [4.69, 9.17) is 0 Å². The van der Waals surface area contributed by atoms with Crippen LogP contribution in [0, 0.1) is 5.82 Å². The van der Waals surface area contributed by atoms with Crippen molar-refractivity contribution in [3.05, 3.63) is 65.5 Å². The number of carbonyl (C=O) groups is 1. The number of amides is 1. The maximum Gasteiger partial charge on any atom is 0.271 e. The van der Waals surface area contributed by atoms with Gasteiger partial charge in [0.2, 0.25) is 0 Å². The zero-order chi connectivity index (χ0) is 18.4. The summed E-state index contributed by atoms with van der Waals surface area (Å²) in [6.07, 6.45) is 5.12. The summed E-state index contributed by atoms with van der Waals surface area (Å²) in [6, 6.07) is 13.7. The predicted octanol–water partition coefficient (Wildman–Crippen LogP) is 4.36. The molecule has 1 fully saturated rings. The highest BCUT2D eigenvalue weighted by Gasteiger charge is 2.10. The number of anilines is 1. The number of hydrazone groups is 1. The van der Waals surface area contributed by atoms with E-state index in [0.29, 0.717) is 5.56 Å². The summed E-state index contributed by atoms with van der Waals surface area (Å²) in [5, 5.41) is 4.16. The zero-order valence-corrected chi connectivity index (χ0v) is 15.0. The Labute approximate surface area is 153 Å². The minimum atomic E-state index is -0.370. The van der Waals surface area contributed by atoms with Crippen molar-refractivity contribution in [2.24, 2.45) is 5.10 Å². The van der Waals surface area contributed by atoms with E-state index in [1.807, 2.05) is 19.1 Å². The van der Waals surface area contributed by atoms with Crippen LogP contribution < -0.4 is 10.3 Å². The van der Waals surface area contributed by atoms with Crippen LogP contribution in [0.3, 0.4) is 0 Å². The molecule has 0 saturated carbocycles. The van der Waals surface area contributed by atoms with Crippen LogP contribution in [0.15, 0.2) is 53.6 Å². The van der Waals surface area contributed by atoms with E-state index < -0.39 is 0 Å². The number of hydrogen-bond acceptors (Lipinski definition) is 3. The highest BCUT2D eigenvalue weighted by atomic mass is 19.1. The van der Waals surface area contributed by atoms with Crippen molar-refractivity contribution in [3.8, 4) is 0 Å². The van der Waals surface area contributed by atoms with Crippen LogP contribution in [0.4, 0.5) is 10.1 Å². The Morgan fingerprint density at radius 3 is 2.12 bits per heavy atom. The topological polar surface area (TPSA) is 44.7 Å². The van der Waals surface area contributed by atoms with Gasteiger partial charge >= 0.3 is 0 Å². The fraction of sp³-hybridized carbons (Fsp3) is 0.333. The van der Waals surface area contributed by atoms with Gasteiger partial charge in [-0.15, -0.1) is 0 Å². The molecule has 0 bridgehead atoms. The van der Waals surface area contributed by atoms with E-state index in [1.165, 1.54) is 55.6 Å². The van der Waals surface area contributed by atoms with Gasteiger partial charge in [0.1, 0.15) is 5.82 Å². The summed E-state index contributed by atoms with van der Waals surface area (Å²) < 4.78 is 12.9. The molecule has 1 heterocycles. The molecule has 0 aromatic heterocycles. The van der Waals surface area contributed by atoms with Crippen molar-refractivity contribution in [2.75, 3.05) is 18.0 Å². The van der Waals surface area contributed by atoms with Crippen molar-refractivity contribution in [2.45, 2.75) is 32.6 Å². The van der Waals surface area contributed by atoms with Gasteiger partial charge in [-0.2, -0.15) is 5.10 Å². The molecule has 1 amide bonds. The Balaban J connectivity index is 1.63. The molecule has 0 atom stereocenters. The van der Waals surface area contributed by atoms with Gasteiger partial charge in [0, 0.05) is 24.3 Å². The molecular weight excluding hydrogens is 329 g/mol. The lowest BCUT2D eigenvalue weighted by atomic mass is 10.1. The largest absolute Gasteiger partial charge is 0.372 e. The lowest BCUT2D eigenvalue weighted by Gasteiger charge is -2.22. The number of rotatable bonds is 4. The smallest absolute Gasteiger partial charge is 0.271 e. The molecule has 5 heteroatoms. The molecule has 3 rings (SSSR count). The first-order valence-corrected chi connectivity index (χ1v) is 9.09. The fourth-order valence-corrected chi connectivity index (χ4v) is 3.11. The highest BCUT2D eigenvalue weighted by Crippen LogP contribution is 2.20. The lowest BCUT2D eigenvalue weighted by Crippen LogP contribution is -2.23. The average Bonchev–Trinajstić information content (AvgIpc) is 2.96. The number of nitrogens with one attached hydrogen (secondary N) is 1. The van der Waals surface area contributed by atoms with E-state index in [2.05, 4.69) is 27.6 Å². The Kier molecular flexibility index (Phi) is 6.00. The van der Waals surface area contributed by atoms with Gasteiger partial charge in [0.15, 0.2) is 0 Å². The zero-order valence-electron chi connectivity index (χ0n) is 15.0. The Bertz CT molecular complexity index is 761. The molecule has 0 spiro atoms. The van der Waals surface area contributed by atoms with Gasteiger partial charge in [-0.3, -0.25) is 4.79 Å². The van der Waals surface area contributed by atoms with Gasteiger partial charge in [-0.05, 0) is 61.7 Å². The van der Waals surface area contributed by atoms with Gasteiger partial charge in [-0.25, -0.2) is 9.82 Å². The molecule has 1 N–H and O–H groups in total. The van der Waals surface area contributed by atoms with E-state index in [9.17, 15) is 9.18 Å². The summed E-state index contributed by atoms with van der Waals surface area (Å²) >= 11 is 0. The second kappa shape index (κ2) is 8.61. The van der Waals surface area contributed by atoms with Crippen LogP contribution in [-0.4, -0.2) is 24.7 Å². The number of hydrogen-bond donors (Lipinski definition) is 1. The minimum absolute atomic E-state index is 0.356. The fourth-order valence-electron chi connectivity index (χ4n) is 3.11. The molecule has 1 aliphatic heterocycles. The van der Waals surface area contributed by atoms with Crippen LogP contribution in [0.5, 0.6) is 0 Å². The molecule has 1 saturated heterocycles. The normalized spacial score (nSPS) is 15.5. The van der Waals surface area contributed by atoms with Crippen molar-refractivity contribution >= 4 is 17.3 Å². The van der Waals surface area contributed by atoms with Crippen molar-refractivity contribution in [1.29, 1.82) is 0 Å². The summed E-state index contributed by atoms with van der Waals surface area (Å²) in [4.78, 5) is 14.5. The highest BCUT2D eigenvalue weighted by molar-refractivity contribution is 6.01. The summed E-state index contributed by atoms with van der Waals surface area (Å²) in [6.45, 7) is 4.08. The lowest BCUT2D eigenvalue weighted by molar-refractivity contribution is 0.0955. The molecule has 2 aromatic rings. The van der Waals surface area contributed by atoms with Gasteiger partial charge < -0.3 is 4.90 Å². The molecule has 136 valence electrons. The second-order valence-electron chi connectivity index (χ2n) is 6.59. The Hall–Kier alpha value is -2.69. The van der Waals surface area contributed by atoms with Crippen LogP contribution in [-0.2, 0) is 0 Å². The van der Waals surface area contributed by atoms with Crippen molar-refractivity contribution < 1.29 is 9.18 Å². The first-order valence-electron chi connectivity index (χ1n) is 9.09. The van der Waals surface area contributed by atoms with Gasteiger partial charge in [0.25, 0.3) is 5.91 Å². The maximum absolute atomic E-state index is 12.9. The van der Waals surface area contributed by atoms with Crippen molar-refractivity contribution in [1.82, 2.24) is 5.43 Å². The SMILES string of the molecule is C/C(=N/NC(=O)c1ccc(F)cc1)c1ccc(N2CCCCCC2)cc1. The monoisotopic (exact) mass is 353 g/mol. The number of nitrogens with zero attached hydrogens (tertiary/aromatic N) is 2. The maximum atomic E-state index is 12.9. The van der Waals surface area contributed by atoms with E-state index in [-0.39, 0.29) is 11.7 Å². The van der Waals surface area contributed by atoms with Gasteiger partial charge in [-0.1, -0.05) is 25.0 Å². The molecule has 4 nitrogen and oxygen atoms in total. The molecule has 2 aromatic carbocycles. The first-order chi connectivity index (χ1) is 12.6. The van der Waals surface area contributed by atoms with Crippen molar-refractivity contribution in [3.63, 3.8) is 0 Å². The van der Waals surface area contributed by atoms with E-state index >= 15 is 0 Å². The minimum Gasteiger partial charge on any atom is -0.372 e. The molecule has 26 heavy (non-hydrogen) atoms. The molecule has 0 unspecified atom stereocenters. The first kappa shape index (κ1) is 18.1. The molecule has 1 aliphatic rings. The third-order valence-corrected chi connectivity index (χ3v) is 4.69. The van der Waals surface area contributed by atoms with Gasteiger partial charge in [0.05, 0.1) is 5.71 Å². The third kappa shape index (κ3) is 4.69. The van der Waals surface area contributed by atoms with Crippen LogP contribution in [0.2, 0.25) is 0 Å². The third-order valence-electron chi connectivity index (χ3n) is 4.69. The summed E-state index contributed by atoms with van der Waals surface area (Å²) in [5.41, 5.74) is 5.81. The van der Waals surface area contributed by atoms with Crippen LogP contribution >= 0.6 is 0 Å². The second-order valence-corrected chi connectivity index (χ2v) is 6.59. The summed E-state index contributed by atoms with van der Waals surface area (Å²) in [5.74, 6) is -0.726. The molecular formula is C21H24FN3O. The van der Waals surface area contributed by atoms with Crippen LogP contribution in [0.25, 0.3) is 0 Å². The quantitative estimate of drug-likeness (QED) is 0.656. The number of halogens is 1. The van der Waals surface area contributed by atoms with E-state index in [0.717, 1.165) is 24.4 Å². The van der Waals surface area contributed by atoms with Crippen LogP contribution in [0.1, 0.15) is 48.5 Å². The number of carbonyl (C=O) groups excluding carboxylic acids is 1. The standard InChI is InChI=1S/C21H24FN3O/c1-16(23-24-21(26)18-6-10-19(22)11-7-18)17-8-12-20(13-9-17)25-14-4-2-3-5-15-25/h6-13H,2-5,14-15H2,1H3,(H,24,26)/b23-16-. The Morgan fingerprint density at radius 2 is 1.50 bits per heavy atom. The van der Waals surface area contributed by atoms with E-state index in [1.54, 1.807) is 0 Å². The average molecular weight is 353 g/mol. The number of benzene rings is 2. The predicted molar refractivity (Wildman–Crippen MR) is 103 cm³/mol. The molecule has 0 radical (unpaired) electrons. The Morgan fingerprint density at radius 1 is 0.923 bits per heavy atom. The summed E-state index contributed by atoms with van der Waals surface area (Å²) in [7, 11) is 0. The molecule has 0 aliphatic carbocycles.